The maximum Gasteiger partial charge on any atom is 0.119 e. The number of methoxy groups -OCH3 is 1. The van der Waals surface area contributed by atoms with Gasteiger partial charge in [0, 0.05) is 13.2 Å². The highest BCUT2D eigenvalue weighted by molar-refractivity contribution is 5.20. The van der Waals surface area contributed by atoms with E-state index in [4.69, 9.17) is 9.47 Å². The zero-order valence-corrected chi connectivity index (χ0v) is 11.1. The molecule has 0 aromatic heterocycles. The lowest BCUT2D eigenvalue weighted by Crippen LogP contribution is -2.28. The van der Waals surface area contributed by atoms with Crippen molar-refractivity contribution in [2.75, 3.05) is 20.3 Å². The van der Waals surface area contributed by atoms with E-state index in [1.807, 2.05) is 30.3 Å². The molecular formula is C15H23NO2. The van der Waals surface area contributed by atoms with Gasteiger partial charge < -0.3 is 14.8 Å². The van der Waals surface area contributed by atoms with Crippen molar-refractivity contribution in [1.82, 2.24) is 5.32 Å². The van der Waals surface area contributed by atoms with Crippen molar-refractivity contribution in [1.29, 1.82) is 0 Å². The molecule has 0 amide bonds. The molecule has 2 rings (SSSR count). The van der Waals surface area contributed by atoms with Gasteiger partial charge in [0.15, 0.2) is 0 Å². The number of benzene rings is 1. The molecule has 3 nitrogen and oxygen atoms in total. The lowest BCUT2D eigenvalue weighted by molar-refractivity contribution is 0.107. The second kappa shape index (κ2) is 7.39. The summed E-state index contributed by atoms with van der Waals surface area (Å²) in [5.74, 6) is 0.956. The van der Waals surface area contributed by atoms with Crippen LogP contribution in [0.5, 0.6) is 5.75 Å². The molecule has 2 unspecified atom stereocenters. The van der Waals surface area contributed by atoms with Gasteiger partial charge in [-0.1, -0.05) is 18.2 Å². The van der Waals surface area contributed by atoms with E-state index >= 15 is 0 Å². The van der Waals surface area contributed by atoms with E-state index < -0.39 is 0 Å². The van der Waals surface area contributed by atoms with Crippen molar-refractivity contribution in [2.45, 2.75) is 37.8 Å². The second-order valence-electron chi connectivity index (χ2n) is 4.84. The van der Waals surface area contributed by atoms with Gasteiger partial charge >= 0.3 is 0 Å². The minimum atomic E-state index is 0.461. The molecule has 1 aliphatic carbocycles. The summed E-state index contributed by atoms with van der Waals surface area (Å²) in [5, 5.41) is 3.57. The van der Waals surface area contributed by atoms with Gasteiger partial charge in [0.2, 0.25) is 0 Å². The number of para-hydroxylation sites is 1. The number of nitrogens with one attached hydrogen (secondary N) is 1. The predicted octanol–water partition coefficient (Wildman–Crippen LogP) is 2.61. The van der Waals surface area contributed by atoms with E-state index in [1.165, 1.54) is 12.8 Å². The van der Waals surface area contributed by atoms with Crippen LogP contribution in [0.2, 0.25) is 0 Å². The first-order valence-electron chi connectivity index (χ1n) is 6.82. The summed E-state index contributed by atoms with van der Waals surface area (Å²) < 4.78 is 11.0. The summed E-state index contributed by atoms with van der Waals surface area (Å²) >= 11 is 0. The summed E-state index contributed by atoms with van der Waals surface area (Å²) in [6, 6.07) is 10.6. The van der Waals surface area contributed by atoms with Crippen molar-refractivity contribution in [3.8, 4) is 5.75 Å². The average Bonchev–Trinajstić information content (AvgIpc) is 2.87. The van der Waals surface area contributed by atoms with Gasteiger partial charge in [-0.05, 0) is 44.4 Å². The van der Waals surface area contributed by atoms with Crippen molar-refractivity contribution in [3.63, 3.8) is 0 Å². The molecule has 1 fully saturated rings. The molecule has 1 saturated carbocycles. The maximum atomic E-state index is 5.65. The first-order valence-corrected chi connectivity index (χ1v) is 6.82. The zero-order chi connectivity index (χ0) is 12.6. The van der Waals surface area contributed by atoms with E-state index in [0.717, 1.165) is 31.7 Å². The average molecular weight is 249 g/mol. The Hall–Kier alpha value is -1.06. The fourth-order valence-electron chi connectivity index (χ4n) is 2.42. The van der Waals surface area contributed by atoms with Crippen LogP contribution in [0.3, 0.4) is 0 Å². The number of rotatable bonds is 7. The summed E-state index contributed by atoms with van der Waals surface area (Å²) in [6.07, 6.45) is 5.08. The van der Waals surface area contributed by atoms with Crippen LogP contribution >= 0.6 is 0 Å². The lowest BCUT2D eigenvalue weighted by Gasteiger charge is -2.13. The molecule has 0 spiro atoms. The first-order chi connectivity index (χ1) is 8.88. The van der Waals surface area contributed by atoms with Crippen LogP contribution in [0, 0.1) is 0 Å². The van der Waals surface area contributed by atoms with Gasteiger partial charge in [0.1, 0.15) is 5.75 Å². The van der Waals surface area contributed by atoms with Crippen molar-refractivity contribution < 1.29 is 9.47 Å². The van der Waals surface area contributed by atoms with Crippen LogP contribution in [0.15, 0.2) is 30.3 Å². The quantitative estimate of drug-likeness (QED) is 0.754. The molecule has 1 aromatic rings. The molecule has 0 heterocycles. The third-order valence-corrected chi connectivity index (χ3v) is 3.48. The molecule has 2 atom stereocenters. The molecule has 0 saturated heterocycles. The Morgan fingerprint density at radius 3 is 2.78 bits per heavy atom. The topological polar surface area (TPSA) is 30.5 Å². The summed E-state index contributed by atoms with van der Waals surface area (Å²) in [6.45, 7) is 1.80. The van der Waals surface area contributed by atoms with Crippen LogP contribution in [0.1, 0.15) is 25.7 Å². The van der Waals surface area contributed by atoms with E-state index in [9.17, 15) is 0 Å². The van der Waals surface area contributed by atoms with Crippen LogP contribution in [0.25, 0.3) is 0 Å². The highest BCUT2D eigenvalue weighted by Gasteiger charge is 2.23. The van der Waals surface area contributed by atoms with Crippen LogP contribution < -0.4 is 10.1 Å². The highest BCUT2D eigenvalue weighted by Crippen LogP contribution is 2.21. The van der Waals surface area contributed by atoms with Gasteiger partial charge in [0.05, 0.1) is 12.7 Å². The van der Waals surface area contributed by atoms with Crippen LogP contribution in [-0.2, 0) is 4.74 Å². The Labute approximate surface area is 109 Å². The van der Waals surface area contributed by atoms with Crippen LogP contribution in [0.4, 0.5) is 0 Å². The Kier molecular flexibility index (Phi) is 5.49. The molecule has 0 aliphatic heterocycles. The van der Waals surface area contributed by atoms with Crippen LogP contribution in [-0.4, -0.2) is 32.4 Å². The van der Waals surface area contributed by atoms with Gasteiger partial charge in [-0.25, -0.2) is 0 Å². The largest absolute Gasteiger partial charge is 0.494 e. The SMILES string of the molecule is COC1CCC(NCCCOc2ccccc2)C1. The fraction of sp³-hybridized carbons (Fsp3) is 0.600. The Morgan fingerprint density at radius 1 is 1.22 bits per heavy atom. The normalized spacial score (nSPS) is 23.2. The lowest BCUT2D eigenvalue weighted by atomic mass is 10.2. The van der Waals surface area contributed by atoms with Crippen molar-refractivity contribution in [3.05, 3.63) is 30.3 Å². The molecule has 0 radical (unpaired) electrons. The third-order valence-electron chi connectivity index (χ3n) is 3.48. The molecule has 100 valence electrons. The van der Waals surface area contributed by atoms with Gasteiger partial charge in [-0.2, -0.15) is 0 Å². The summed E-state index contributed by atoms with van der Waals surface area (Å²) in [7, 11) is 1.81. The Morgan fingerprint density at radius 2 is 2.06 bits per heavy atom. The first kappa shape index (κ1) is 13.4. The van der Waals surface area contributed by atoms with E-state index in [2.05, 4.69) is 5.32 Å². The van der Waals surface area contributed by atoms with Crippen molar-refractivity contribution >= 4 is 0 Å². The van der Waals surface area contributed by atoms with Gasteiger partial charge in [0.25, 0.3) is 0 Å². The summed E-state index contributed by atoms with van der Waals surface area (Å²) in [4.78, 5) is 0. The Bertz CT molecular complexity index is 329. The third kappa shape index (κ3) is 4.31. The number of ether oxygens (including phenoxy) is 2. The summed E-state index contributed by atoms with van der Waals surface area (Å²) in [5.41, 5.74) is 0. The monoisotopic (exact) mass is 249 g/mol. The zero-order valence-electron chi connectivity index (χ0n) is 11.1. The minimum absolute atomic E-state index is 0.461. The second-order valence-corrected chi connectivity index (χ2v) is 4.84. The molecule has 1 aliphatic rings. The number of hydrogen-bond acceptors (Lipinski definition) is 3. The standard InChI is InChI=1S/C15H23NO2/c1-17-15-9-8-13(12-15)16-10-5-11-18-14-6-3-2-4-7-14/h2-4,6-7,13,15-16H,5,8-12H2,1H3. The molecule has 0 bridgehead atoms. The minimum Gasteiger partial charge on any atom is -0.494 e. The van der Waals surface area contributed by atoms with Gasteiger partial charge in [-0.3, -0.25) is 0 Å². The van der Waals surface area contributed by atoms with Crippen molar-refractivity contribution in [2.24, 2.45) is 0 Å². The molecule has 1 N–H and O–H groups in total. The molecular weight excluding hydrogens is 226 g/mol. The molecule has 1 aromatic carbocycles. The van der Waals surface area contributed by atoms with E-state index in [0.29, 0.717) is 12.1 Å². The maximum absolute atomic E-state index is 5.65. The molecule has 18 heavy (non-hydrogen) atoms. The van der Waals surface area contributed by atoms with E-state index in [1.54, 1.807) is 7.11 Å². The number of hydrogen-bond donors (Lipinski definition) is 1. The predicted molar refractivity (Wildman–Crippen MR) is 73.0 cm³/mol. The smallest absolute Gasteiger partial charge is 0.119 e. The molecule has 3 heteroatoms. The van der Waals surface area contributed by atoms with Gasteiger partial charge in [-0.15, -0.1) is 0 Å². The Balaban J connectivity index is 1.52. The van der Waals surface area contributed by atoms with E-state index in [-0.39, 0.29) is 0 Å². The fourth-order valence-corrected chi connectivity index (χ4v) is 2.42. The highest BCUT2D eigenvalue weighted by atomic mass is 16.5.